The summed E-state index contributed by atoms with van der Waals surface area (Å²) in [6.45, 7) is 0. The van der Waals surface area contributed by atoms with Gasteiger partial charge in [-0.3, -0.25) is 0 Å². The average molecular weight is 343 g/mol. The Hall–Kier alpha value is -3.45. The smallest absolute Gasteiger partial charge is 0.0715 e. The van der Waals surface area contributed by atoms with E-state index in [2.05, 4.69) is 84.9 Å². The van der Waals surface area contributed by atoms with Gasteiger partial charge < -0.3 is 0 Å². The summed E-state index contributed by atoms with van der Waals surface area (Å²) in [6, 6.07) is 32.6. The van der Waals surface area contributed by atoms with Crippen molar-refractivity contribution >= 4 is 21.8 Å². The molecule has 0 spiro atoms. The molecule has 1 heteroatoms. The second kappa shape index (κ2) is 5.52. The van der Waals surface area contributed by atoms with Crippen LogP contribution < -0.4 is 0 Å². The highest BCUT2D eigenvalue weighted by Crippen LogP contribution is 2.41. The second-order valence-corrected chi connectivity index (χ2v) is 7.25. The molecule has 0 bridgehead atoms. The van der Waals surface area contributed by atoms with E-state index in [1.165, 1.54) is 44.2 Å². The monoisotopic (exact) mass is 343 g/mol. The number of hydrogen-bond acceptors (Lipinski definition) is 1. The summed E-state index contributed by atoms with van der Waals surface area (Å²) < 4.78 is 0. The largest absolute Gasteiger partial charge is 0.248 e. The molecule has 4 aromatic carbocycles. The van der Waals surface area contributed by atoms with Crippen molar-refractivity contribution in [2.45, 2.75) is 6.42 Å². The molecule has 0 atom stereocenters. The summed E-state index contributed by atoms with van der Waals surface area (Å²) in [7, 11) is 0. The minimum absolute atomic E-state index is 1.00. The molecule has 5 aromatic rings. The van der Waals surface area contributed by atoms with Gasteiger partial charge in [0.1, 0.15) is 0 Å². The summed E-state index contributed by atoms with van der Waals surface area (Å²) in [5, 5.41) is 2.38. The number of benzene rings is 4. The van der Waals surface area contributed by atoms with E-state index in [1.807, 2.05) is 6.07 Å². The van der Waals surface area contributed by atoms with E-state index in [0.717, 1.165) is 17.5 Å². The van der Waals surface area contributed by atoms with Crippen molar-refractivity contribution < 1.29 is 0 Å². The number of rotatable bonds is 1. The highest BCUT2D eigenvalue weighted by molar-refractivity contribution is 5.95. The predicted octanol–water partition coefficient (Wildman–Crippen LogP) is 6.63. The molecule has 1 aliphatic rings. The van der Waals surface area contributed by atoms with E-state index in [1.54, 1.807) is 0 Å². The van der Waals surface area contributed by atoms with E-state index in [-0.39, 0.29) is 0 Å². The van der Waals surface area contributed by atoms with Gasteiger partial charge >= 0.3 is 0 Å². The van der Waals surface area contributed by atoms with Crippen molar-refractivity contribution in [3.63, 3.8) is 0 Å². The molecule has 0 radical (unpaired) electrons. The van der Waals surface area contributed by atoms with Crippen LogP contribution in [0.1, 0.15) is 11.1 Å². The average Bonchev–Trinajstić information content (AvgIpc) is 3.10. The quantitative estimate of drug-likeness (QED) is 0.305. The number of fused-ring (bicyclic) bond motifs is 5. The molecule has 126 valence electrons. The van der Waals surface area contributed by atoms with E-state index in [0.29, 0.717) is 0 Å². The Bertz CT molecular complexity index is 1350. The van der Waals surface area contributed by atoms with Crippen LogP contribution in [0.25, 0.3) is 44.1 Å². The molecule has 0 fully saturated rings. The maximum Gasteiger partial charge on any atom is 0.0715 e. The SMILES string of the molecule is c1ccc2c(c1)Cc1c(-c3ccc4cc5ccccc5nc4c3)cccc1-2. The number of aromatic nitrogens is 1. The van der Waals surface area contributed by atoms with Crippen molar-refractivity contribution in [1.82, 2.24) is 4.98 Å². The van der Waals surface area contributed by atoms with E-state index in [9.17, 15) is 0 Å². The molecule has 1 heterocycles. The maximum absolute atomic E-state index is 4.90. The second-order valence-electron chi connectivity index (χ2n) is 7.25. The van der Waals surface area contributed by atoms with Crippen LogP contribution in [-0.2, 0) is 6.42 Å². The Morgan fingerprint density at radius 2 is 1.33 bits per heavy atom. The highest BCUT2D eigenvalue weighted by atomic mass is 14.7. The van der Waals surface area contributed by atoms with E-state index in [4.69, 9.17) is 4.98 Å². The highest BCUT2D eigenvalue weighted by Gasteiger charge is 2.21. The number of nitrogens with zero attached hydrogens (tertiary/aromatic N) is 1. The van der Waals surface area contributed by atoms with Crippen LogP contribution in [0.5, 0.6) is 0 Å². The molecule has 0 saturated heterocycles. The van der Waals surface area contributed by atoms with Gasteiger partial charge in [-0.25, -0.2) is 4.98 Å². The lowest BCUT2D eigenvalue weighted by Crippen LogP contribution is -1.89. The normalized spacial score (nSPS) is 12.3. The first-order valence-electron chi connectivity index (χ1n) is 9.37. The molecular formula is C26H17N. The molecule has 27 heavy (non-hydrogen) atoms. The van der Waals surface area contributed by atoms with Gasteiger partial charge in [0.2, 0.25) is 0 Å². The van der Waals surface area contributed by atoms with E-state index < -0.39 is 0 Å². The van der Waals surface area contributed by atoms with Crippen LogP contribution in [0.3, 0.4) is 0 Å². The van der Waals surface area contributed by atoms with Gasteiger partial charge in [0.15, 0.2) is 0 Å². The third-order valence-electron chi connectivity index (χ3n) is 5.68. The third-order valence-corrected chi connectivity index (χ3v) is 5.68. The van der Waals surface area contributed by atoms with E-state index >= 15 is 0 Å². The van der Waals surface area contributed by atoms with Gasteiger partial charge in [-0.15, -0.1) is 0 Å². The molecule has 0 N–H and O–H groups in total. The topological polar surface area (TPSA) is 12.9 Å². The van der Waals surface area contributed by atoms with Gasteiger partial charge in [0.05, 0.1) is 11.0 Å². The predicted molar refractivity (Wildman–Crippen MR) is 113 cm³/mol. The van der Waals surface area contributed by atoms with Crippen molar-refractivity contribution in [3.8, 4) is 22.3 Å². The van der Waals surface area contributed by atoms with Crippen molar-refractivity contribution in [3.05, 3.63) is 102 Å². The van der Waals surface area contributed by atoms with Crippen molar-refractivity contribution in [1.29, 1.82) is 0 Å². The molecule has 0 saturated carbocycles. The zero-order valence-corrected chi connectivity index (χ0v) is 14.8. The molecule has 1 aliphatic carbocycles. The Kier molecular flexibility index (Phi) is 3.00. The molecule has 0 amide bonds. The van der Waals surface area contributed by atoms with Gasteiger partial charge in [0.25, 0.3) is 0 Å². The summed E-state index contributed by atoms with van der Waals surface area (Å²) in [6.07, 6.45) is 1.00. The lowest BCUT2D eigenvalue weighted by atomic mass is 9.95. The van der Waals surface area contributed by atoms with Gasteiger partial charge in [-0.2, -0.15) is 0 Å². The summed E-state index contributed by atoms with van der Waals surface area (Å²) in [5.74, 6) is 0. The first kappa shape index (κ1) is 14.7. The Labute approximate surface area is 157 Å². The number of hydrogen-bond donors (Lipinski definition) is 0. The Morgan fingerprint density at radius 3 is 2.33 bits per heavy atom. The fourth-order valence-corrected chi connectivity index (χ4v) is 4.37. The molecule has 0 unspecified atom stereocenters. The summed E-state index contributed by atoms with van der Waals surface area (Å²) in [5.41, 5.74) is 10.3. The minimum Gasteiger partial charge on any atom is -0.248 e. The molecule has 1 nitrogen and oxygen atoms in total. The van der Waals surface area contributed by atoms with Crippen LogP contribution in [0.15, 0.2) is 91.0 Å². The summed E-state index contributed by atoms with van der Waals surface area (Å²) >= 11 is 0. The first-order chi connectivity index (χ1) is 13.4. The van der Waals surface area contributed by atoms with Crippen LogP contribution in [-0.4, -0.2) is 4.98 Å². The fraction of sp³-hybridized carbons (Fsp3) is 0.0385. The zero-order chi connectivity index (χ0) is 17.8. The Morgan fingerprint density at radius 1 is 0.556 bits per heavy atom. The van der Waals surface area contributed by atoms with Gasteiger partial charge in [-0.1, -0.05) is 72.8 Å². The first-order valence-corrected chi connectivity index (χ1v) is 9.37. The van der Waals surface area contributed by atoms with Crippen molar-refractivity contribution in [2.75, 3.05) is 0 Å². The van der Waals surface area contributed by atoms with Gasteiger partial charge in [0, 0.05) is 10.8 Å². The molecule has 1 aromatic heterocycles. The lowest BCUT2D eigenvalue weighted by Gasteiger charge is -2.10. The minimum atomic E-state index is 1.00. The summed E-state index contributed by atoms with van der Waals surface area (Å²) in [4.78, 5) is 4.90. The fourth-order valence-electron chi connectivity index (χ4n) is 4.37. The van der Waals surface area contributed by atoms with Crippen LogP contribution in [0.4, 0.5) is 0 Å². The lowest BCUT2D eigenvalue weighted by molar-refractivity contribution is 1.26. The van der Waals surface area contributed by atoms with Crippen LogP contribution in [0, 0.1) is 0 Å². The zero-order valence-electron chi connectivity index (χ0n) is 14.8. The van der Waals surface area contributed by atoms with Crippen LogP contribution >= 0.6 is 0 Å². The maximum atomic E-state index is 4.90. The number of pyridine rings is 1. The Balaban J connectivity index is 1.56. The van der Waals surface area contributed by atoms with Gasteiger partial charge in [-0.05, 0) is 58.0 Å². The third kappa shape index (κ3) is 2.22. The molecule has 0 aliphatic heterocycles. The molecule has 6 rings (SSSR count). The standard InChI is InChI=1S/C26H17N/c1-3-8-21-17(6-1)15-24-22(9-5-10-23(21)24)18-12-13-20-14-19-7-2-4-11-25(19)27-26(20)16-18/h1-14,16H,15H2. The van der Waals surface area contributed by atoms with Crippen LogP contribution in [0.2, 0.25) is 0 Å². The number of para-hydroxylation sites is 1. The van der Waals surface area contributed by atoms with Crippen molar-refractivity contribution in [2.24, 2.45) is 0 Å². The molecular weight excluding hydrogens is 326 g/mol.